The molecule has 0 saturated carbocycles. The molecule has 2 amide bonds. The van der Waals surface area contributed by atoms with Crippen LogP contribution in [0.1, 0.15) is 17.5 Å². The molecule has 0 fully saturated rings. The van der Waals surface area contributed by atoms with Gasteiger partial charge in [0.15, 0.2) is 0 Å². The summed E-state index contributed by atoms with van der Waals surface area (Å²) in [6.07, 6.45) is 0.654. The minimum Gasteiger partial charge on any atom is -0.273 e. The summed E-state index contributed by atoms with van der Waals surface area (Å²) in [5.41, 5.74) is 6.08. The fraction of sp³-hybridized carbons (Fsp3) is 0.176. The summed E-state index contributed by atoms with van der Waals surface area (Å²) >= 11 is 0. The lowest BCUT2D eigenvalue weighted by Gasteiger charge is -2.07. The molecule has 0 aromatic heterocycles. The second-order valence-corrected chi connectivity index (χ2v) is 5.03. The molecule has 120 valence electrons. The van der Waals surface area contributed by atoms with E-state index < -0.39 is 5.91 Å². The van der Waals surface area contributed by atoms with Gasteiger partial charge in [-0.1, -0.05) is 24.3 Å². The van der Waals surface area contributed by atoms with Crippen molar-refractivity contribution in [2.75, 3.05) is 0 Å². The van der Waals surface area contributed by atoms with Crippen LogP contribution in [0.3, 0.4) is 0 Å². The summed E-state index contributed by atoms with van der Waals surface area (Å²) in [7, 11) is 0. The number of carbonyl (C=O) groups is 2. The van der Waals surface area contributed by atoms with Gasteiger partial charge in [-0.2, -0.15) is 0 Å². The van der Waals surface area contributed by atoms with Gasteiger partial charge in [0.25, 0.3) is 0 Å². The van der Waals surface area contributed by atoms with Crippen LogP contribution >= 0.6 is 0 Å². The highest BCUT2D eigenvalue weighted by molar-refractivity contribution is 5.83. The molecule has 2 aromatic carbocycles. The van der Waals surface area contributed by atoms with Crippen LogP contribution in [0.2, 0.25) is 0 Å². The van der Waals surface area contributed by atoms with Crippen molar-refractivity contribution in [2.24, 2.45) is 0 Å². The Hall–Kier alpha value is -2.76. The van der Waals surface area contributed by atoms with Crippen LogP contribution in [-0.2, 0) is 22.4 Å². The number of hydrogen-bond donors (Lipinski definition) is 2. The third-order valence-corrected chi connectivity index (χ3v) is 3.17. The van der Waals surface area contributed by atoms with Crippen molar-refractivity contribution in [3.05, 3.63) is 71.3 Å². The van der Waals surface area contributed by atoms with Gasteiger partial charge in [0.2, 0.25) is 11.8 Å². The van der Waals surface area contributed by atoms with E-state index in [0.717, 1.165) is 5.56 Å². The molecule has 0 aliphatic heterocycles. The van der Waals surface area contributed by atoms with Crippen LogP contribution in [0.15, 0.2) is 48.5 Å². The summed E-state index contributed by atoms with van der Waals surface area (Å²) in [5.74, 6) is -1.44. The number of hydrogen-bond acceptors (Lipinski definition) is 2. The van der Waals surface area contributed by atoms with Crippen molar-refractivity contribution in [3.8, 4) is 0 Å². The predicted octanol–water partition coefficient (Wildman–Crippen LogP) is 2.29. The number of halogens is 2. The van der Waals surface area contributed by atoms with Crippen LogP contribution in [0.25, 0.3) is 0 Å². The molecule has 0 aliphatic carbocycles. The first-order chi connectivity index (χ1) is 11.0. The second-order valence-electron chi connectivity index (χ2n) is 5.03. The molecular formula is C17H16F2N2O2. The molecule has 2 rings (SSSR count). The average Bonchev–Trinajstić information content (AvgIpc) is 2.54. The summed E-state index contributed by atoms with van der Waals surface area (Å²) in [6.45, 7) is 0. The van der Waals surface area contributed by atoms with Gasteiger partial charge >= 0.3 is 0 Å². The molecule has 0 heterocycles. The van der Waals surface area contributed by atoms with E-state index in [1.165, 1.54) is 36.4 Å². The maximum atomic E-state index is 12.7. The Morgan fingerprint density at radius 2 is 1.22 bits per heavy atom. The Bertz CT molecular complexity index is 670. The van der Waals surface area contributed by atoms with E-state index in [1.54, 1.807) is 12.1 Å². The van der Waals surface area contributed by atoms with Gasteiger partial charge in [-0.3, -0.25) is 20.4 Å². The Kier molecular flexibility index (Phi) is 5.80. The molecule has 4 nitrogen and oxygen atoms in total. The maximum Gasteiger partial charge on any atom is 0.242 e. The maximum absolute atomic E-state index is 12.7. The minimum atomic E-state index is -0.397. The van der Waals surface area contributed by atoms with E-state index in [9.17, 15) is 18.4 Å². The lowest BCUT2D eigenvalue weighted by Crippen LogP contribution is -2.42. The quantitative estimate of drug-likeness (QED) is 0.831. The number of benzene rings is 2. The largest absolute Gasteiger partial charge is 0.273 e. The van der Waals surface area contributed by atoms with E-state index in [4.69, 9.17) is 0 Å². The normalized spacial score (nSPS) is 10.2. The first-order valence-corrected chi connectivity index (χ1v) is 7.09. The molecular weight excluding hydrogens is 302 g/mol. The van der Waals surface area contributed by atoms with Crippen molar-refractivity contribution < 1.29 is 18.4 Å². The highest BCUT2D eigenvalue weighted by atomic mass is 19.1. The number of carbonyl (C=O) groups excluding carboxylic acids is 2. The first kappa shape index (κ1) is 16.6. The molecule has 0 spiro atoms. The van der Waals surface area contributed by atoms with E-state index >= 15 is 0 Å². The molecule has 0 saturated heterocycles. The fourth-order valence-electron chi connectivity index (χ4n) is 1.94. The SMILES string of the molecule is O=C(CCc1ccc(F)cc1)NNC(=O)Cc1ccc(F)cc1. The standard InChI is InChI=1S/C17H16F2N2O2/c18-14-6-1-12(2-7-14)5-10-16(22)20-21-17(23)11-13-3-8-15(19)9-4-13/h1-4,6-9H,5,10-11H2,(H,20,22)(H,21,23). The third-order valence-electron chi connectivity index (χ3n) is 3.17. The predicted molar refractivity (Wildman–Crippen MR) is 81.1 cm³/mol. The van der Waals surface area contributed by atoms with Crippen LogP contribution in [-0.4, -0.2) is 11.8 Å². The van der Waals surface area contributed by atoms with Gasteiger partial charge in [-0.15, -0.1) is 0 Å². The van der Waals surface area contributed by atoms with Crippen molar-refractivity contribution >= 4 is 11.8 Å². The van der Waals surface area contributed by atoms with Crippen LogP contribution in [0, 0.1) is 11.6 Å². The number of rotatable bonds is 5. The lowest BCUT2D eigenvalue weighted by atomic mass is 10.1. The molecule has 2 aromatic rings. The summed E-state index contributed by atoms with van der Waals surface area (Å²) in [5, 5.41) is 0. The topological polar surface area (TPSA) is 58.2 Å². The Balaban J connectivity index is 1.70. The van der Waals surface area contributed by atoms with Gasteiger partial charge in [0.1, 0.15) is 11.6 Å². The van der Waals surface area contributed by atoms with Crippen LogP contribution in [0.4, 0.5) is 8.78 Å². The highest BCUT2D eigenvalue weighted by Crippen LogP contribution is 2.05. The fourth-order valence-corrected chi connectivity index (χ4v) is 1.94. The van der Waals surface area contributed by atoms with Crippen molar-refractivity contribution in [2.45, 2.75) is 19.3 Å². The first-order valence-electron chi connectivity index (χ1n) is 7.09. The van der Waals surface area contributed by atoms with Gasteiger partial charge in [-0.05, 0) is 41.8 Å². The molecule has 0 bridgehead atoms. The molecule has 6 heteroatoms. The molecule has 0 atom stereocenters. The molecule has 0 unspecified atom stereocenters. The monoisotopic (exact) mass is 318 g/mol. The number of amides is 2. The van der Waals surface area contributed by atoms with Crippen molar-refractivity contribution in [3.63, 3.8) is 0 Å². The van der Waals surface area contributed by atoms with Crippen molar-refractivity contribution in [1.82, 2.24) is 10.9 Å². The molecule has 23 heavy (non-hydrogen) atoms. The molecule has 2 N–H and O–H groups in total. The zero-order valence-corrected chi connectivity index (χ0v) is 12.3. The number of aryl methyl sites for hydroxylation is 1. The number of nitrogens with one attached hydrogen (secondary N) is 2. The summed E-state index contributed by atoms with van der Waals surface area (Å²) < 4.78 is 25.5. The van der Waals surface area contributed by atoms with Crippen molar-refractivity contribution in [1.29, 1.82) is 0 Å². The zero-order valence-electron chi connectivity index (χ0n) is 12.3. The Labute approximate surface area is 132 Å². The minimum absolute atomic E-state index is 0.0402. The third kappa shape index (κ3) is 5.86. The van der Waals surface area contributed by atoms with Crippen LogP contribution in [0.5, 0.6) is 0 Å². The zero-order chi connectivity index (χ0) is 16.7. The van der Waals surface area contributed by atoms with E-state index in [2.05, 4.69) is 10.9 Å². The summed E-state index contributed by atoms with van der Waals surface area (Å²) in [4.78, 5) is 23.3. The van der Waals surface area contributed by atoms with Gasteiger partial charge in [0, 0.05) is 6.42 Å². The van der Waals surface area contributed by atoms with Gasteiger partial charge in [0.05, 0.1) is 6.42 Å². The van der Waals surface area contributed by atoms with E-state index in [-0.39, 0.29) is 30.4 Å². The lowest BCUT2D eigenvalue weighted by molar-refractivity contribution is -0.128. The Morgan fingerprint density at radius 1 is 0.739 bits per heavy atom. The van der Waals surface area contributed by atoms with Gasteiger partial charge < -0.3 is 0 Å². The molecule has 0 aliphatic rings. The Morgan fingerprint density at radius 3 is 1.78 bits per heavy atom. The van der Waals surface area contributed by atoms with E-state index in [1.807, 2.05) is 0 Å². The van der Waals surface area contributed by atoms with Gasteiger partial charge in [-0.25, -0.2) is 8.78 Å². The number of hydrazine groups is 1. The molecule has 0 radical (unpaired) electrons. The van der Waals surface area contributed by atoms with E-state index in [0.29, 0.717) is 12.0 Å². The smallest absolute Gasteiger partial charge is 0.242 e. The average molecular weight is 318 g/mol. The summed E-state index contributed by atoms with van der Waals surface area (Å²) in [6, 6.07) is 11.4. The highest BCUT2D eigenvalue weighted by Gasteiger charge is 2.06. The second kappa shape index (κ2) is 8.03. The van der Waals surface area contributed by atoms with Crippen LogP contribution < -0.4 is 10.9 Å².